The predicted molar refractivity (Wildman–Crippen MR) is 277 cm³/mol. The highest BCUT2D eigenvalue weighted by molar-refractivity contribution is 7.26. The van der Waals surface area contributed by atoms with Crippen LogP contribution in [0.3, 0.4) is 0 Å². The van der Waals surface area contributed by atoms with Crippen LogP contribution < -0.4 is 26.2 Å². The van der Waals surface area contributed by atoms with E-state index in [1.54, 1.807) is 0 Å². The fraction of sp³-hybridized carbons (Fsp3) is 0.356. The van der Waals surface area contributed by atoms with Crippen LogP contribution in [0.2, 0.25) is 0 Å². The molecule has 10 rings (SSSR count). The minimum absolute atomic E-state index is 0.000507. The second kappa shape index (κ2) is 14.0. The number of benzene rings is 6. The van der Waals surface area contributed by atoms with E-state index in [1.807, 2.05) is 11.3 Å². The molecular weight excluding hydrogens is 780 g/mol. The maximum absolute atomic E-state index is 2.65. The molecule has 0 fully saturated rings. The van der Waals surface area contributed by atoms with Crippen LogP contribution in [-0.2, 0) is 27.1 Å². The van der Waals surface area contributed by atoms with E-state index >= 15 is 0 Å². The fourth-order valence-corrected chi connectivity index (χ4v) is 12.2. The Morgan fingerprint density at radius 2 is 1.06 bits per heavy atom. The zero-order valence-electron chi connectivity index (χ0n) is 40.3. The normalized spacial score (nSPS) is 16.4. The van der Waals surface area contributed by atoms with Crippen LogP contribution in [0.1, 0.15) is 136 Å². The van der Waals surface area contributed by atoms with E-state index in [0.29, 0.717) is 0 Å². The average Bonchev–Trinajstić information content (AvgIpc) is 3.59. The molecule has 0 radical (unpaired) electrons. The second-order valence-electron chi connectivity index (χ2n) is 23.5. The number of hydrogen-bond acceptors (Lipinski definition) is 3. The predicted octanol–water partition coefficient (Wildman–Crippen LogP) is 15.2. The van der Waals surface area contributed by atoms with Gasteiger partial charge in [0.1, 0.15) is 0 Å². The van der Waals surface area contributed by atoms with Gasteiger partial charge in [-0.3, -0.25) is 0 Å². The van der Waals surface area contributed by atoms with Gasteiger partial charge in [-0.15, -0.1) is 11.3 Å². The van der Waals surface area contributed by atoms with E-state index in [2.05, 4.69) is 222 Å². The molecule has 1 aliphatic carbocycles. The highest BCUT2D eigenvalue weighted by Crippen LogP contribution is 2.53. The molecule has 63 heavy (non-hydrogen) atoms. The van der Waals surface area contributed by atoms with Crippen LogP contribution in [0.4, 0.5) is 33.4 Å². The lowest BCUT2D eigenvalue weighted by molar-refractivity contribution is 0.332. The van der Waals surface area contributed by atoms with Gasteiger partial charge in [-0.1, -0.05) is 151 Å². The highest BCUT2D eigenvalue weighted by atomic mass is 32.1. The van der Waals surface area contributed by atoms with Crippen molar-refractivity contribution in [3.8, 4) is 11.1 Å². The van der Waals surface area contributed by atoms with Crippen molar-refractivity contribution < 1.29 is 0 Å². The molecule has 0 N–H and O–H groups in total. The molecule has 0 saturated heterocycles. The lowest BCUT2D eigenvalue weighted by Gasteiger charge is -2.44. The second-order valence-corrected chi connectivity index (χ2v) is 24.5. The number of fused-ring (bicyclic) bond motifs is 7. The summed E-state index contributed by atoms with van der Waals surface area (Å²) in [6, 6.07) is 45.4. The summed E-state index contributed by atoms with van der Waals surface area (Å²) < 4.78 is 1.40. The summed E-state index contributed by atoms with van der Waals surface area (Å²) in [5.74, 6) is 0. The Morgan fingerprint density at radius 3 is 1.67 bits per heavy atom. The van der Waals surface area contributed by atoms with Crippen molar-refractivity contribution in [1.29, 1.82) is 0 Å². The highest BCUT2D eigenvalue weighted by Gasteiger charge is 2.47. The summed E-state index contributed by atoms with van der Waals surface area (Å²) in [6.07, 6.45) is 2.39. The molecule has 4 heteroatoms. The molecule has 3 aliphatic rings. The van der Waals surface area contributed by atoms with Crippen LogP contribution in [0, 0.1) is 6.92 Å². The molecular formula is C59H65BN2S. The van der Waals surface area contributed by atoms with Crippen molar-refractivity contribution >= 4 is 78.0 Å². The summed E-state index contributed by atoms with van der Waals surface area (Å²) in [5, 5.41) is 2.76. The van der Waals surface area contributed by atoms with Crippen LogP contribution in [0.25, 0.3) is 21.2 Å². The first-order chi connectivity index (χ1) is 29.5. The summed E-state index contributed by atoms with van der Waals surface area (Å²) in [5.41, 5.74) is 21.6. The minimum Gasteiger partial charge on any atom is -0.311 e. The molecule has 0 atom stereocenters. The van der Waals surface area contributed by atoms with Gasteiger partial charge < -0.3 is 9.80 Å². The third kappa shape index (κ3) is 6.72. The standard InChI is InChI=1S/C59H65BN2S/c1-36-30-49-53-50(31-36)62(47-26-22-39(56(5,6)7)32-42(47)37-18-16-15-17-19-37)48-27-23-40(57(8,9)10)33-46(48)60(53)52-43-34-44-45(59(13,14)29-28-58(44,11)12)35-51(43)63-54(52)61(49)41-24-20-38(21-25-41)55(2,3)4/h15-27,30-35H,28-29H2,1-14H3. The minimum atomic E-state index is -0.0243. The Balaban J connectivity index is 1.34. The van der Waals surface area contributed by atoms with Crippen LogP contribution >= 0.6 is 11.3 Å². The van der Waals surface area contributed by atoms with Crippen molar-refractivity contribution in [2.45, 2.75) is 137 Å². The summed E-state index contributed by atoms with van der Waals surface area (Å²) in [6.45, 7) is 33.2. The van der Waals surface area contributed by atoms with Gasteiger partial charge in [0.15, 0.2) is 0 Å². The molecule has 1 aromatic heterocycles. The molecule has 6 aromatic carbocycles. The lowest BCUT2D eigenvalue weighted by Crippen LogP contribution is -2.61. The first-order valence-electron chi connectivity index (χ1n) is 23.3. The Labute approximate surface area is 382 Å². The van der Waals surface area contributed by atoms with E-state index in [1.165, 1.54) is 117 Å². The molecule has 2 aliphatic heterocycles. The first kappa shape index (κ1) is 41.9. The van der Waals surface area contributed by atoms with Gasteiger partial charge in [0.25, 0.3) is 6.71 Å². The van der Waals surface area contributed by atoms with Crippen molar-refractivity contribution in [2.24, 2.45) is 0 Å². The molecule has 0 saturated carbocycles. The van der Waals surface area contributed by atoms with Gasteiger partial charge >= 0.3 is 0 Å². The Bertz CT molecular complexity index is 2960. The van der Waals surface area contributed by atoms with Gasteiger partial charge in [-0.05, 0) is 162 Å². The Morgan fingerprint density at radius 1 is 0.524 bits per heavy atom. The third-order valence-corrected chi connectivity index (χ3v) is 16.0. The molecule has 0 bridgehead atoms. The molecule has 3 heterocycles. The van der Waals surface area contributed by atoms with Gasteiger partial charge in [-0.2, -0.15) is 0 Å². The zero-order chi connectivity index (χ0) is 44.8. The van der Waals surface area contributed by atoms with Crippen molar-refractivity contribution in [1.82, 2.24) is 0 Å². The molecule has 7 aromatic rings. The molecule has 0 spiro atoms. The third-order valence-electron chi connectivity index (χ3n) is 14.8. The van der Waals surface area contributed by atoms with Gasteiger partial charge in [0.2, 0.25) is 0 Å². The number of aryl methyl sites for hydroxylation is 1. The average molecular weight is 845 g/mol. The Hall–Kier alpha value is -5.06. The van der Waals surface area contributed by atoms with E-state index in [0.717, 1.165) is 0 Å². The SMILES string of the molecule is Cc1cc2c3c(c1)N(c1ccc(C(C)(C)C)cc1)c1sc4cc5c(cc4c1B3c1cc(C(C)(C)C)ccc1N2c1ccc(C(C)(C)C)cc1-c1ccccc1)C(C)(C)CCC5(C)C. The van der Waals surface area contributed by atoms with Crippen molar-refractivity contribution in [3.05, 3.63) is 149 Å². The van der Waals surface area contributed by atoms with E-state index in [-0.39, 0.29) is 33.8 Å². The Kier molecular flexibility index (Phi) is 9.30. The smallest absolute Gasteiger partial charge is 0.254 e. The van der Waals surface area contributed by atoms with Crippen LogP contribution in [0.5, 0.6) is 0 Å². The summed E-state index contributed by atoms with van der Waals surface area (Å²) in [7, 11) is 0. The molecule has 320 valence electrons. The van der Waals surface area contributed by atoms with E-state index in [9.17, 15) is 0 Å². The number of rotatable bonds is 3. The lowest BCUT2D eigenvalue weighted by atomic mass is 9.33. The maximum atomic E-state index is 2.65. The van der Waals surface area contributed by atoms with Crippen LogP contribution in [0.15, 0.2) is 115 Å². The first-order valence-corrected chi connectivity index (χ1v) is 24.2. The van der Waals surface area contributed by atoms with Crippen molar-refractivity contribution in [2.75, 3.05) is 9.80 Å². The van der Waals surface area contributed by atoms with Gasteiger partial charge in [0.05, 0.1) is 10.7 Å². The monoisotopic (exact) mass is 844 g/mol. The van der Waals surface area contributed by atoms with E-state index < -0.39 is 0 Å². The van der Waals surface area contributed by atoms with E-state index in [4.69, 9.17) is 0 Å². The number of anilines is 6. The topological polar surface area (TPSA) is 6.48 Å². The zero-order valence-corrected chi connectivity index (χ0v) is 41.1. The molecule has 0 unspecified atom stereocenters. The quantitative estimate of drug-likeness (QED) is 0.164. The maximum Gasteiger partial charge on any atom is 0.254 e. The summed E-state index contributed by atoms with van der Waals surface area (Å²) >= 11 is 2.00. The number of hydrogen-bond donors (Lipinski definition) is 0. The number of nitrogens with zero attached hydrogens (tertiary/aromatic N) is 2. The summed E-state index contributed by atoms with van der Waals surface area (Å²) in [4.78, 5) is 5.27. The van der Waals surface area contributed by atoms with Gasteiger partial charge in [0, 0.05) is 33.0 Å². The van der Waals surface area contributed by atoms with Crippen LogP contribution in [-0.4, -0.2) is 6.71 Å². The van der Waals surface area contributed by atoms with Gasteiger partial charge in [-0.25, -0.2) is 0 Å². The fourth-order valence-electron chi connectivity index (χ4n) is 10.9. The molecule has 2 nitrogen and oxygen atoms in total. The largest absolute Gasteiger partial charge is 0.311 e. The molecule has 0 amide bonds. The van der Waals surface area contributed by atoms with Crippen molar-refractivity contribution in [3.63, 3.8) is 0 Å². The number of thiophene rings is 1.